The number of likely N-dealkylation sites (tertiary alicyclic amines) is 1. The smallest absolute Gasteiger partial charge is 0.234 e. The van der Waals surface area contributed by atoms with Crippen LogP contribution in [-0.2, 0) is 16.0 Å². The molecule has 3 N–H and O–H groups in total. The van der Waals surface area contributed by atoms with Crippen molar-refractivity contribution in [3.8, 4) is 0 Å². The molecule has 1 heterocycles. The number of nitrogens with one attached hydrogen (secondary N) is 1. The van der Waals surface area contributed by atoms with Gasteiger partial charge in [-0.3, -0.25) is 14.5 Å². The average molecular weight is 317 g/mol. The quantitative estimate of drug-likeness (QED) is 0.827. The molecule has 1 aliphatic heterocycles. The molecule has 0 unspecified atom stereocenters. The van der Waals surface area contributed by atoms with Crippen LogP contribution in [-0.4, -0.2) is 42.9 Å². The zero-order valence-electron chi connectivity index (χ0n) is 14.1. The Bertz CT molecular complexity index is 563. The van der Waals surface area contributed by atoms with Gasteiger partial charge in [-0.15, -0.1) is 0 Å². The van der Waals surface area contributed by atoms with Crippen molar-refractivity contribution in [2.24, 2.45) is 11.7 Å². The van der Waals surface area contributed by atoms with E-state index in [9.17, 15) is 9.59 Å². The summed E-state index contributed by atoms with van der Waals surface area (Å²) in [5.41, 5.74) is 9.14. The molecule has 126 valence electrons. The lowest BCUT2D eigenvalue weighted by molar-refractivity contribution is -0.124. The second-order valence-electron chi connectivity index (χ2n) is 6.47. The second-order valence-corrected chi connectivity index (χ2v) is 6.47. The summed E-state index contributed by atoms with van der Waals surface area (Å²) >= 11 is 0. The predicted molar refractivity (Wildman–Crippen MR) is 91.0 cm³/mol. The van der Waals surface area contributed by atoms with Gasteiger partial charge < -0.3 is 11.1 Å². The SMILES string of the molecule is Cc1ccc(CCNC(=O)CN2CCC(C(N)=O)CC2)cc1C. The van der Waals surface area contributed by atoms with Crippen LogP contribution in [0.15, 0.2) is 18.2 Å². The summed E-state index contributed by atoms with van der Waals surface area (Å²) in [6.07, 6.45) is 2.35. The van der Waals surface area contributed by atoms with Crippen LogP contribution >= 0.6 is 0 Å². The molecule has 0 saturated carbocycles. The molecule has 1 fully saturated rings. The Morgan fingerprint density at radius 3 is 2.52 bits per heavy atom. The third-order valence-corrected chi connectivity index (χ3v) is 4.66. The Morgan fingerprint density at radius 1 is 1.22 bits per heavy atom. The topological polar surface area (TPSA) is 75.4 Å². The Kier molecular flexibility index (Phi) is 6.16. The predicted octanol–water partition coefficient (Wildman–Crippen LogP) is 1.16. The first-order valence-corrected chi connectivity index (χ1v) is 8.30. The molecule has 0 aliphatic carbocycles. The highest BCUT2D eigenvalue weighted by molar-refractivity contribution is 5.78. The highest BCUT2D eigenvalue weighted by atomic mass is 16.2. The second kappa shape index (κ2) is 8.11. The third kappa shape index (κ3) is 5.36. The van der Waals surface area contributed by atoms with E-state index in [0.29, 0.717) is 13.1 Å². The van der Waals surface area contributed by atoms with Crippen molar-refractivity contribution in [2.75, 3.05) is 26.2 Å². The number of hydrogen-bond donors (Lipinski definition) is 2. The first-order valence-electron chi connectivity index (χ1n) is 8.30. The number of carbonyl (C=O) groups is 2. The van der Waals surface area contributed by atoms with Crippen molar-refractivity contribution in [3.05, 3.63) is 34.9 Å². The fourth-order valence-electron chi connectivity index (χ4n) is 2.94. The van der Waals surface area contributed by atoms with Gasteiger partial charge in [0.1, 0.15) is 0 Å². The molecule has 5 heteroatoms. The molecule has 0 atom stereocenters. The van der Waals surface area contributed by atoms with E-state index < -0.39 is 0 Å². The van der Waals surface area contributed by atoms with Gasteiger partial charge in [-0.1, -0.05) is 18.2 Å². The number of amides is 2. The molecule has 5 nitrogen and oxygen atoms in total. The van der Waals surface area contributed by atoms with Crippen LogP contribution < -0.4 is 11.1 Å². The van der Waals surface area contributed by atoms with Gasteiger partial charge >= 0.3 is 0 Å². The standard InChI is InChI=1S/C18H27N3O2/c1-13-3-4-15(11-14(13)2)5-8-20-17(22)12-21-9-6-16(7-10-21)18(19)23/h3-4,11,16H,5-10,12H2,1-2H3,(H2,19,23)(H,20,22). The van der Waals surface area contributed by atoms with Gasteiger partial charge in [0.2, 0.25) is 11.8 Å². The zero-order valence-corrected chi connectivity index (χ0v) is 14.1. The zero-order chi connectivity index (χ0) is 16.8. The van der Waals surface area contributed by atoms with Crippen LogP contribution in [0.4, 0.5) is 0 Å². The van der Waals surface area contributed by atoms with E-state index in [1.807, 2.05) is 0 Å². The molecule has 0 radical (unpaired) electrons. The maximum atomic E-state index is 12.0. The fraction of sp³-hybridized carbons (Fsp3) is 0.556. The molecule has 1 aromatic rings. The van der Waals surface area contributed by atoms with Crippen molar-refractivity contribution in [2.45, 2.75) is 33.1 Å². The first-order chi connectivity index (χ1) is 11.0. The summed E-state index contributed by atoms with van der Waals surface area (Å²) < 4.78 is 0. The van der Waals surface area contributed by atoms with Crippen molar-refractivity contribution in [3.63, 3.8) is 0 Å². The molecule has 1 aliphatic rings. The van der Waals surface area contributed by atoms with Gasteiger partial charge in [0.15, 0.2) is 0 Å². The minimum atomic E-state index is -0.220. The normalized spacial score (nSPS) is 16.3. The van der Waals surface area contributed by atoms with E-state index in [0.717, 1.165) is 32.4 Å². The summed E-state index contributed by atoms with van der Waals surface area (Å²) in [6, 6.07) is 6.41. The summed E-state index contributed by atoms with van der Waals surface area (Å²) in [6.45, 7) is 6.78. The molecule has 23 heavy (non-hydrogen) atoms. The number of nitrogens with two attached hydrogens (primary N) is 1. The molecular formula is C18H27N3O2. The Morgan fingerprint density at radius 2 is 1.91 bits per heavy atom. The lowest BCUT2D eigenvalue weighted by Gasteiger charge is -2.29. The van der Waals surface area contributed by atoms with Gasteiger partial charge in [0.05, 0.1) is 6.54 Å². The van der Waals surface area contributed by atoms with E-state index in [-0.39, 0.29) is 17.7 Å². The summed E-state index contributed by atoms with van der Waals surface area (Å²) in [7, 11) is 0. The highest BCUT2D eigenvalue weighted by Gasteiger charge is 2.23. The lowest BCUT2D eigenvalue weighted by Crippen LogP contribution is -2.43. The van der Waals surface area contributed by atoms with Gasteiger partial charge in [-0.05, 0) is 62.9 Å². The van der Waals surface area contributed by atoms with Crippen LogP contribution in [0.2, 0.25) is 0 Å². The number of aryl methyl sites for hydroxylation is 2. The van der Waals surface area contributed by atoms with Gasteiger partial charge in [-0.25, -0.2) is 0 Å². The molecule has 0 bridgehead atoms. The van der Waals surface area contributed by atoms with Crippen LogP contribution in [0.25, 0.3) is 0 Å². The number of rotatable bonds is 6. The molecule has 0 aromatic heterocycles. The fourth-order valence-corrected chi connectivity index (χ4v) is 2.94. The molecule has 1 aromatic carbocycles. The summed E-state index contributed by atoms with van der Waals surface area (Å²) in [5, 5.41) is 2.97. The van der Waals surface area contributed by atoms with Crippen molar-refractivity contribution >= 4 is 11.8 Å². The van der Waals surface area contributed by atoms with Crippen molar-refractivity contribution < 1.29 is 9.59 Å². The number of primary amides is 1. The van der Waals surface area contributed by atoms with E-state index in [4.69, 9.17) is 5.73 Å². The van der Waals surface area contributed by atoms with Crippen LogP contribution in [0, 0.1) is 19.8 Å². The van der Waals surface area contributed by atoms with E-state index in [1.54, 1.807) is 0 Å². The van der Waals surface area contributed by atoms with Gasteiger partial charge in [-0.2, -0.15) is 0 Å². The molecule has 1 saturated heterocycles. The van der Waals surface area contributed by atoms with Crippen LogP contribution in [0.1, 0.15) is 29.5 Å². The molecule has 2 amide bonds. The number of hydrogen-bond acceptors (Lipinski definition) is 3. The number of carbonyl (C=O) groups excluding carboxylic acids is 2. The van der Waals surface area contributed by atoms with Crippen LogP contribution in [0.3, 0.4) is 0 Å². The number of benzene rings is 1. The highest BCUT2D eigenvalue weighted by Crippen LogP contribution is 2.16. The first kappa shape index (κ1) is 17.5. The summed E-state index contributed by atoms with van der Waals surface area (Å²) in [4.78, 5) is 25.2. The van der Waals surface area contributed by atoms with E-state index in [2.05, 4.69) is 42.3 Å². The average Bonchev–Trinajstić information content (AvgIpc) is 2.51. The van der Waals surface area contributed by atoms with E-state index in [1.165, 1.54) is 16.7 Å². The Labute approximate surface area is 138 Å². The van der Waals surface area contributed by atoms with Gasteiger partial charge in [0, 0.05) is 12.5 Å². The Balaban J connectivity index is 1.67. The molecular weight excluding hydrogens is 290 g/mol. The maximum Gasteiger partial charge on any atom is 0.234 e. The number of piperidine rings is 1. The number of nitrogens with zero attached hydrogens (tertiary/aromatic N) is 1. The van der Waals surface area contributed by atoms with E-state index >= 15 is 0 Å². The maximum absolute atomic E-state index is 12.0. The van der Waals surface area contributed by atoms with Crippen molar-refractivity contribution in [1.82, 2.24) is 10.2 Å². The Hall–Kier alpha value is -1.88. The minimum Gasteiger partial charge on any atom is -0.369 e. The lowest BCUT2D eigenvalue weighted by atomic mass is 9.96. The summed E-state index contributed by atoms with van der Waals surface area (Å²) in [5.74, 6) is -0.201. The molecule has 2 rings (SSSR count). The van der Waals surface area contributed by atoms with Crippen molar-refractivity contribution in [1.29, 1.82) is 0 Å². The third-order valence-electron chi connectivity index (χ3n) is 4.66. The van der Waals surface area contributed by atoms with Gasteiger partial charge in [0.25, 0.3) is 0 Å². The minimum absolute atomic E-state index is 0.0286. The van der Waals surface area contributed by atoms with Crippen LogP contribution in [0.5, 0.6) is 0 Å². The molecule has 0 spiro atoms. The monoisotopic (exact) mass is 317 g/mol. The largest absolute Gasteiger partial charge is 0.369 e.